The Morgan fingerprint density at radius 1 is 1.50 bits per heavy atom. The van der Waals surface area contributed by atoms with Crippen molar-refractivity contribution < 1.29 is 9.90 Å². The number of amides is 1. The predicted molar refractivity (Wildman–Crippen MR) is 66.5 cm³/mol. The minimum absolute atomic E-state index is 0.111. The third kappa shape index (κ3) is 2.73. The number of aromatic amines is 1. The van der Waals surface area contributed by atoms with Gasteiger partial charge >= 0.3 is 0 Å². The molecule has 0 saturated heterocycles. The lowest BCUT2D eigenvalue weighted by Gasteiger charge is -2.00. The zero-order valence-electron chi connectivity index (χ0n) is 9.71. The minimum Gasteiger partial charge on any atom is -0.507 e. The second-order valence-electron chi connectivity index (χ2n) is 3.73. The van der Waals surface area contributed by atoms with Crippen molar-refractivity contribution in [1.82, 2.24) is 15.6 Å². The molecule has 1 aromatic heterocycles. The molecular weight excluding hydrogens is 232 g/mol. The first-order valence-corrected chi connectivity index (χ1v) is 5.29. The Kier molecular flexibility index (Phi) is 3.38. The number of nitrogens with one attached hydrogen (secondary N) is 2. The van der Waals surface area contributed by atoms with E-state index < -0.39 is 5.91 Å². The van der Waals surface area contributed by atoms with Gasteiger partial charge in [-0.25, -0.2) is 5.43 Å². The van der Waals surface area contributed by atoms with Gasteiger partial charge in [-0.1, -0.05) is 11.6 Å². The van der Waals surface area contributed by atoms with Gasteiger partial charge < -0.3 is 5.11 Å². The van der Waals surface area contributed by atoms with Gasteiger partial charge in [-0.15, -0.1) is 0 Å². The Morgan fingerprint density at radius 2 is 2.33 bits per heavy atom. The second kappa shape index (κ2) is 5.13. The Bertz CT molecular complexity index is 576. The van der Waals surface area contributed by atoms with Crippen LogP contribution in [0, 0.1) is 6.92 Å². The van der Waals surface area contributed by atoms with Gasteiger partial charge in [-0.3, -0.25) is 9.89 Å². The van der Waals surface area contributed by atoms with Crippen molar-refractivity contribution in [2.75, 3.05) is 0 Å². The number of nitrogens with zero attached hydrogens (tertiary/aromatic N) is 2. The Labute approximate surface area is 103 Å². The van der Waals surface area contributed by atoms with Gasteiger partial charge in [0.1, 0.15) is 11.4 Å². The van der Waals surface area contributed by atoms with E-state index in [-0.39, 0.29) is 5.75 Å². The lowest BCUT2D eigenvalue weighted by atomic mass is 10.1. The maximum Gasteiger partial charge on any atom is 0.289 e. The zero-order valence-corrected chi connectivity index (χ0v) is 9.71. The summed E-state index contributed by atoms with van der Waals surface area (Å²) in [5, 5.41) is 19.5. The normalized spacial score (nSPS) is 10.7. The highest BCUT2D eigenvalue weighted by atomic mass is 16.3. The number of carbonyl (C=O) groups excluding carboxylic acids is 1. The van der Waals surface area contributed by atoms with Crippen LogP contribution in [0.1, 0.15) is 21.6 Å². The van der Waals surface area contributed by atoms with E-state index in [9.17, 15) is 9.90 Å². The molecule has 1 amide bonds. The maximum atomic E-state index is 11.5. The molecule has 18 heavy (non-hydrogen) atoms. The summed E-state index contributed by atoms with van der Waals surface area (Å²) in [6.45, 7) is 1.90. The summed E-state index contributed by atoms with van der Waals surface area (Å²) in [5.74, 6) is -0.281. The molecule has 0 atom stereocenters. The third-order valence-electron chi connectivity index (χ3n) is 2.30. The maximum absolute atomic E-state index is 11.5. The topological polar surface area (TPSA) is 90.4 Å². The standard InChI is InChI=1S/C12H12N4O2/c1-8-2-3-11(17)9(6-8)7-14-16-12(18)10-4-5-13-15-10/h2-7,17H,1H3,(H,13,15)(H,16,18). The number of hydrogen-bond acceptors (Lipinski definition) is 4. The molecule has 0 aliphatic carbocycles. The average molecular weight is 244 g/mol. The first-order chi connectivity index (χ1) is 8.66. The number of carbonyl (C=O) groups is 1. The molecule has 0 aliphatic rings. The van der Waals surface area contributed by atoms with Crippen LogP contribution in [0.5, 0.6) is 5.75 Å². The predicted octanol–water partition coefficient (Wildman–Crippen LogP) is 1.19. The molecule has 2 aromatic rings. The summed E-state index contributed by atoms with van der Waals surface area (Å²) in [4.78, 5) is 11.5. The number of aromatic nitrogens is 2. The van der Waals surface area contributed by atoms with Crippen molar-refractivity contribution in [2.45, 2.75) is 6.92 Å². The van der Waals surface area contributed by atoms with E-state index in [0.717, 1.165) is 5.56 Å². The van der Waals surface area contributed by atoms with Gasteiger partial charge in [0.25, 0.3) is 5.91 Å². The molecule has 1 heterocycles. The molecule has 0 bridgehead atoms. The Balaban J connectivity index is 2.03. The highest BCUT2D eigenvalue weighted by Gasteiger charge is 2.04. The Hall–Kier alpha value is -2.63. The molecule has 2 rings (SSSR count). The van der Waals surface area contributed by atoms with E-state index >= 15 is 0 Å². The number of H-pyrrole nitrogens is 1. The van der Waals surface area contributed by atoms with Gasteiger partial charge in [0.15, 0.2) is 0 Å². The van der Waals surface area contributed by atoms with Crippen LogP contribution in [-0.2, 0) is 0 Å². The summed E-state index contributed by atoms with van der Waals surface area (Å²) >= 11 is 0. The van der Waals surface area contributed by atoms with Crippen LogP contribution in [0.25, 0.3) is 0 Å². The fourth-order valence-corrected chi connectivity index (χ4v) is 1.38. The lowest BCUT2D eigenvalue weighted by Crippen LogP contribution is -2.18. The first-order valence-electron chi connectivity index (χ1n) is 5.29. The van der Waals surface area contributed by atoms with Gasteiger partial charge in [-0.2, -0.15) is 10.2 Å². The molecule has 6 nitrogen and oxygen atoms in total. The summed E-state index contributed by atoms with van der Waals surface area (Å²) in [5.41, 5.74) is 4.18. The van der Waals surface area contributed by atoms with E-state index in [1.807, 2.05) is 6.92 Å². The van der Waals surface area contributed by atoms with Crippen molar-refractivity contribution in [3.63, 3.8) is 0 Å². The summed E-state index contributed by atoms with van der Waals surface area (Å²) in [6, 6.07) is 6.67. The molecule has 0 radical (unpaired) electrons. The number of phenolic OH excluding ortho intramolecular Hbond substituents is 1. The van der Waals surface area contributed by atoms with Crippen LogP contribution >= 0.6 is 0 Å². The van der Waals surface area contributed by atoms with Crippen LogP contribution in [0.3, 0.4) is 0 Å². The Morgan fingerprint density at radius 3 is 3.06 bits per heavy atom. The fraction of sp³-hybridized carbons (Fsp3) is 0.0833. The minimum atomic E-state index is -0.393. The quantitative estimate of drug-likeness (QED) is 0.559. The average Bonchev–Trinajstić information content (AvgIpc) is 2.87. The van der Waals surface area contributed by atoms with E-state index in [1.54, 1.807) is 18.2 Å². The number of aryl methyl sites for hydroxylation is 1. The monoisotopic (exact) mass is 244 g/mol. The number of hydrazone groups is 1. The van der Waals surface area contributed by atoms with Gasteiger partial charge in [-0.05, 0) is 25.1 Å². The summed E-state index contributed by atoms with van der Waals surface area (Å²) < 4.78 is 0. The van der Waals surface area contributed by atoms with Crippen LogP contribution < -0.4 is 5.43 Å². The largest absolute Gasteiger partial charge is 0.507 e. The molecule has 0 unspecified atom stereocenters. The van der Waals surface area contributed by atoms with E-state index in [4.69, 9.17) is 0 Å². The summed E-state index contributed by atoms with van der Waals surface area (Å²) in [6.07, 6.45) is 2.86. The third-order valence-corrected chi connectivity index (χ3v) is 2.30. The van der Waals surface area contributed by atoms with E-state index in [0.29, 0.717) is 11.3 Å². The first kappa shape index (κ1) is 11.8. The summed E-state index contributed by atoms with van der Waals surface area (Å²) in [7, 11) is 0. The highest BCUT2D eigenvalue weighted by Crippen LogP contribution is 2.15. The molecule has 0 spiro atoms. The number of benzene rings is 1. The van der Waals surface area contributed by atoms with Gasteiger partial charge in [0.2, 0.25) is 0 Å². The van der Waals surface area contributed by atoms with Crippen molar-refractivity contribution in [1.29, 1.82) is 0 Å². The molecular formula is C12H12N4O2. The fourth-order valence-electron chi connectivity index (χ4n) is 1.38. The van der Waals surface area contributed by atoms with Crippen LogP contribution in [0.4, 0.5) is 0 Å². The van der Waals surface area contributed by atoms with Crippen molar-refractivity contribution >= 4 is 12.1 Å². The molecule has 6 heteroatoms. The van der Waals surface area contributed by atoms with Crippen molar-refractivity contribution in [3.05, 3.63) is 47.3 Å². The lowest BCUT2D eigenvalue weighted by molar-refractivity contribution is 0.0950. The molecule has 3 N–H and O–H groups in total. The number of aromatic hydroxyl groups is 1. The van der Waals surface area contributed by atoms with Crippen molar-refractivity contribution in [3.8, 4) is 5.75 Å². The van der Waals surface area contributed by atoms with Crippen LogP contribution in [-0.4, -0.2) is 27.4 Å². The number of phenols is 1. The number of hydrogen-bond donors (Lipinski definition) is 3. The van der Waals surface area contributed by atoms with E-state index in [1.165, 1.54) is 18.5 Å². The molecule has 1 aromatic carbocycles. The molecule has 92 valence electrons. The smallest absolute Gasteiger partial charge is 0.289 e. The van der Waals surface area contributed by atoms with Gasteiger partial charge in [0.05, 0.1) is 6.21 Å². The van der Waals surface area contributed by atoms with Crippen LogP contribution in [0.2, 0.25) is 0 Å². The molecule has 0 fully saturated rings. The zero-order chi connectivity index (χ0) is 13.0. The number of rotatable bonds is 3. The SMILES string of the molecule is Cc1ccc(O)c(C=NNC(=O)c2ccn[nH]2)c1. The van der Waals surface area contributed by atoms with Crippen molar-refractivity contribution in [2.24, 2.45) is 5.10 Å². The van der Waals surface area contributed by atoms with E-state index in [2.05, 4.69) is 20.7 Å². The van der Waals surface area contributed by atoms with Crippen LogP contribution in [0.15, 0.2) is 35.6 Å². The molecule has 0 aliphatic heterocycles. The second-order valence-corrected chi connectivity index (χ2v) is 3.73. The highest BCUT2D eigenvalue weighted by molar-refractivity contribution is 5.93. The van der Waals surface area contributed by atoms with Gasteiger partial charge in [0, 0.05) is 11.8 Å². The molecule has 0 saturated carbocycles.